The number of ether oxygens (including phenoxy) is 2. The van der Waals surface area contributed by atoms with E-state index in [0.29, 0.717) is 28.6 Å². The topological polar surface area (TPSA) is 82.4 Å². The summed E-state index contributed by atoms with van der Waals surface area (Å²) in [5, 5.41) is 7.95. The number of hydrogen-bond acceptors (Lipinski definition) is 5. The third-order valence-electron chi connectivity index (χ3n) is 6.90. The molecule has 7 heteroatoms. The first kappa shape index (κ1) is 27.4. The molecule has 4 aromatic carbocycles. The molecule has 0 aliphatic heterocycles. The maximum absolute atomic E-state index is 12.6. The summed E-state index contributed by atoms with van der Waals surface area (Å²) in [6.07, 6.45) is 0.280. The van der Waals surface area contributed by atoms with Crippen LogP contribution in [0.25, 0.3) is 28.1 Å². The van der Waals surface area contributed by atoms with Crippen molar-refractivity contribution in [2.45, 2.75) is 27.2 Å². The number of nitrogens with zero attached hydrogens (tertiary/aromatic N) is 2. The highest BCUT2D eigenvalue weighted by Gasteiger charge is 2.25. The fourth-order valence-corrected chi connectivity index (χ4v) is 4.70. The molecular formula is C34H31N3O4. The molecule has 5 rings (SSSR count). The molecule has 41 heavy (non-hydrogen) atoms. The summed E-state index contributed by atoms with van der Waals surface area (Å²) in [5.74, 6) is 0.425. The fraction of sp³-hybridized carbons (Fsp3) is 0.147. The largest absolute Gasteiger partial charge is 0.497 e. The van der Waals surface area contributed by atoms with Crippen molar-refractivity contribution >= 4 is 17.6 Å². The van der Waals surface area contributed by atoms with Gasteiger partial charge in [0.15, 0.2) is 0 Å². The zero-order valence-electron chi connectivity index (χ0n) is 23.5. The molecule has 1 amide bonds. The van der Waals surface area contributed by atoms with Gasteiger partial charge in [-0.2, -0.15) is 9.78 Å². The Balaban J connectivity index is 1.61. The maximum atomic E-state index is 12.6. The number of amides is 1. The van der Waals surface area contributed by atoms with E-state index in [4.69, 9.17) is 14.6 Å². The second-order valence-corrected chi connectivity index (χ2v) is 9.77. The van der Waals surface area contributed by atoms with Crippen LogP contribution in [0.5, 0.6) is 11.6 Å². The highest BCUT2D eigenvalue weighted by atomic mass is 16.5. The van der Waals surface area contributed by atoms with Gasteiger partial charge in [-0.15, -0.1) is 0 Å². The zero-order chi connectivity index (χ0) is 28.9. The number of benzene rings is 4. The molecule has 206 valence electrons. The normalized spacial score (nSPS) is 10.7. The quantitative estimate of drug-likeness (QED) is 0.214. The molecule has 0 fully saturated rings. The molecule has 0 atom stereocenters. The molecule has 0 aliphatic carbocycles. The molecule has 0 bridgehead atoms. The van der Waals surface area contributed by atoms with Crippen LogP contribution in [0.2, 0.25) is 0 Å². The Morgan fingerprint density at radius 2 is 1.59 bits per heavy atom. The van der Waals surface area contributed by atoms with Crippen LogP contribution < -0.4 is 14.8 Å². The van der Waals surface area contributed by atoms with Crippen molar-refractivity contribution in [3.05, 3.63) is 114 Å². The molecule has 1 N–H and O–H groups in total. The number of rotatable bonds is 8. The van der Waals surface area contributed by atoms with Gasteiger partial charge in [-0.05, 0) is 66.4 Å². The highest BCUT2D eigenvalue weighted by molar-refractivity contribution is 5.93. The predicted molar refractivity (Wildman–Crippen MR) is 161 cm³/mol. The van der Waals surface area contributed by atoms with Gasteiger partial charge in [-0.1, -0.05) is 66.7 Å². The summed E-state index contributed by atoms with van der Waals surface area (Å²) in [6, 6.07) is 30.6. The van der Waals surface area contributed by atoms with Gasteiger partial charge in [0.1, 0.15) is 11.4 Å². The SMILES string of the molecule is COc1cccc(-c2nn(-c3cccc(C)c3C)c(OC(C)=O)c2-c2ccc(NC(=O)Cc3ccccc3)cc2)c1. The molecule has 0 saturated carbocycles. The van der Waals surface area contributed by atoms with E-state index in [1.165, 1.54) is 6.92 Å². The zero-order valence-corrected chi connectivity index (χ0v) is 23.5. The third-order valence-corrected chi connectivity index (χ3v) is 6.90. The predicted octanol–water partition coefficient (Wildman–Crippen LogP) is 6.94. The van der Waals surface area contributed by atoms with Crippen LogP contribution in [0.3, 0.4) is 0 Å². The number of anilines is 1. The van der Waals surface area contributed by atoms with Crippen LogP contribution in [0, 0.1) is 13.8 Å². The number of carbonyl (C=O) groups is 2. The lowest BCUT2D eigenvalue weighted by Gasteiger charge is -2.13. The number of aryl methyl sites for hydroxylation is 1. The molecule has 0 unspecified atom stereocenters. The molecule has 1 aromatic heterocycles. The Kier molecular flexibility index (Phi) is 7.97. The van der Waals surface area contributed by atoms with Crippen molar-refractivity contribution in [3.63, 3.8) is 0 Å². The van der Waals surface area contributed by atoms with E-state index in [9.17, 15) is 9.59 Å². The Morgan fingerprint density at radius 3 is 2.29 bits per heavy atom. The lowest BCUT2D eigenvalue weighted by Crippen LogP contribution is -2.14. The molecule has 0 radical (unpaired) electrons. The van der Waals surface area contributed by atoms with Crippen LogP contribution >= 0.6 is 0 Å². The van der Waals surface area contributed by atoms with Gasteiger partial charge < -0.3 is 14.8 Å². The molecule has 1 heterocycles. The number of nitrogens with one attached hydrogen (secondary N) is 1. The van der Waals surface area contributed by atoms with Gasteiger partial charge >= 0.3 is 5.97 Å². The van der Waals surface area contributed by atoms with Crippen molar-refractivity contribution in [3.8, 4) is 39.7 Å². The van der Waals surface area contributed by atoms with Crippen molar-refractivity contribution < 1.29 is 19.1 Å². The summed E-state index contributed by atoms with van der Waals surface area (Å²) in [4.78, 5) is 25.0. The number of esters is 1. The van der Waals surface area contributed by atoms with Crippen molar-refractivity contribution in [2.75, 3.05) is 12.4 Å². The summed E-state index contributed by atoms with van der Waals surface area (Å²) in [5.41, 5.74) is 7.37. The second-order valence-electron chi connectivity index (χ2n) is 9.77. The van der Waals surface area contributed by atoms with Crippen molar-refractivity contribution in [1.82, 2.24) is 9.78 Å². The lowest BCUT2D eigenvalue weighted by atomic mass is 10.0. The van der Waals surface area contributed by atoms with Gasteiger partial charge in [0.2, 0.25) is 11.8 Å². The molecule has 0 saturated heterocycles. The van der Waals surface area contributed by atoms with Crippen LogP contribution in [-0.2, 0) is 16.0 Å². The summed E-state index contributed by atoms with van der Waals surface area (Å²) >= 11 is 0. The number of carbonyl (C=O) groups excluding carboxylic acids is 2. The first-order valence-corrected chi connectivity index (χ1v) is 13.3. The van der Waals surface area contributed by atoms with Crippen LogP contribution in [0.15, 0.2) is 97.1 Å². The average Bonchev–Trinajstić information content (AvgIpc) is 3.33. The van der Waals surface area contributed by atoms with E-state index in [1.807, 2.05) is 111 Å². The highest BCUT2D eigenvalue weighted by Crippen LogP contribution is 2.42. The first-order chi connectivity index (χ1) is 19.8. The minimum Gasteiger partial charge on any atom is -0.497 e. The molecule has 7 nitrogen and oxygen atoms in total. The average molecular weight is 546 g/mol. The van der Waals surface area contributed by atoms with E-state index in [1.54, 1.807) is 11.8 Å². The van der Waals surface area contributed by atoms with Crippen LogP contribution in [-0.4, -0.2) is 28.8 Å². The first-order valence-electron chi connectivity index (χ1n) is 13.3. The van der Waals surface area contributed by atoms with E-state index in [-0.39, 0.29) is 12.3 Å². The van der Waals surface area contributed by atoms with Gasteiger partial charge in [-0.25, -0.2) is 0 Å². The van der Waals surface area contributed by atoms with Crippen molar-refractivity contribution in [2.24, 2.45) is 0 Å². The summed E-state index contributed by atoms with van der Waals surface area (Å²) < 4.78 is 13.0. The maximum Gasteiger partial charge on any atom is 0.309 e. The van der Waals surface area contributed by atoms with Gasteiger partial charge in [-0.3, -0.25) is 9.59 Å². The van der Waals surface area contributed by atoms with E-state index in [2.05, 4.69) is 5.32 Å². The summed E-state index contributed by atoms with van der Waals surface area (Å²) in [6.45, 7) is 5.42. The van der Waals surface area contributed by atoms with Crippen LogP contribution in [0.1, 0.15) is 23.6 Å². The van der Waals surface area contributed by atoms with E-state index >= 15 is 0 Å². The summed E-state index contributed by atoms with van der Waals surface area (Å²) in [7, 11) is 1.61. The van der Waals surface area contributed by atoms with Gasteiger partial charge in [0.05, 0.1) is 24.8 Å². The number of aromatic nitrogens is 2. The fourth-order valence-electron chi connectivity index (χ4n) is 4.70. The van der Waals surface area contributed by atoms with Crippen molar-refractivity contribution in [1.29, 1.82) is 0 Å². The number of hydrogen-bond donors (Lipinski definition) is 1. The standard InChI is InChI=1S/C34H31N3O4/c1-22-10-8-15-30(23(22)2)37-34(41-24(3)38)32(33(36-37)27-13-9-14-29(21-27)40-4)26-16-18-28(19-17-26)35-31(39)20-25-11-6-5-7-12-25/h5-19,21H,20H2,1-4H3,(H,35,39). The molecular weight excluding hydrogens is 514 g/mol. The van der Waals surface area contributed by atoms with Gasteiger partial charge in [0.25, 0.3) is 0 Å². The lowest BCUT2D eigenvalue weighted by molar-refractivity contribution is -0.132. The minimum atomic E-state index is -0.459. The Bertz CT molecular complexity index is 1710. The third kappa shape index (κ3) is 6.04. The molecule has 0 spiro atoms. The minimum absolute atomic E-state index is 0.107. The smallest absolute Gasteiger partial charge is 0.309 e. The second kappa shape index (κ2) is 11.9. The Hall–Kier alpha value is -5.17. The Morgan fingerprint density at radius 1 is 0.854 bits per heavy atom. The van der Waals surface area contributed by atoms with Crippen LogP contribution in [0.4, 0.5) is 5.69 Å². The van der Waals surface area contributed by atoms with Gasteiger partial charge in [0, 0.05) is 18.2 Å². The number of methoxy groups -OCH3 is 1. The molecule has 0 aliphatic rings. The van der Waals surface area contributed by atoms with E-state index < -0.39 is 5.97 Å². The van der Waals surface area contributed by atoms with E-state index in [0.717, 1.165) is 33.5 Å². The molecule has 5 aromatic rings. The Labute approximate surface area is 239 Å². The monoisotopic (exact) mass is 545 g/mol.